The van der Waals surface area contributed by atoms with Gasteiger partial charge >= 0.3 is 0 Å². The van der Waals surface area contributed by atoms with E-state index in [1.165, 1.54) is 18.4 Å². The smallest absolute Gasteiger partial charge is 0.233 e. The summed E-state index contributed by atoms with van der Waals surface area (Å²) in [6.45, 7) is 6.17. The Balaban J connectivity index is 2.00. The third-order valence-electron chi connectivity index (χ3n) is 5.65. The van der Waals surface area contributed by atoms with Gasteiger partial charge in [0.05, 0.1) is 5.41 Å². The molecule has 0 unspecified atom stereocenters. The Morgan fingerprint density at radius 1 is 1.12 bits per heavy atom. The van der Waals surface area contributed by atoms with Crippen LogP contribution in [0.25, 0.3) is 0 Å². The maximum Gasteiger partial charge on any atom is 0.233 e. The van der Waals surface area contributed by atoms with Gasteiger partial charge in [0.1, 0.15) is 0 Å². The summed E-state index contributed by atoms with van der Waals surface area (Å²) >= 11 is 0. The molecule has 1 N–H and O–H groups in total. The van der Waals surface area contributed by atoms with Crippen LogP contribution in [0.15, 0.2) is 30.3 Å². The monoisotopic (exact) mass is 346 g/mol. The minimum absolute atomic E-state index is 0.267. The van der Waals surface area contributed by atoms with Crippen molar-refractivity contribution in [1.82, 2.24) is 9.80 Å². The molecule has 25 heavy (non-hydrogen) atoms. The summed E-state index contributed by atoms with van der Waals surface area (Å²) < 4.78 is 0. The molecule has 1 heterocycles. The number of amides is 1. The van der Waals surface area contributed by atoms with E-state index in [0.29, 0.717) is 6.61 Å². The normalized spacial score (nSPS) is 17.4. The Hall–Kier alpha value is -1.39. The molecule has 0 aliphatic carbocycles. The topological polar surface area (TPSA) is 43.8 Å². The van der Waals surface area contributed by atoms with E-state index in [4.69, 9.17) is 5.11 Å². The van der Waals surface area contributed by atoms with Gasteiger partial charge in [0.15, 0.2) is 0 Å². The van der Waals surface area contributed by atoms with Crippen molar-refractivity contribution in [2.24, 2.45) is 0 Å². The third kappa shape index (κ3) is 5.05. The van der Waals surface area contributed by atoms with Crippen molar-refractivity contribution in [3.8, 4) is 0 Å². The molecule has 1 aliphatic heterocycles. The van der Waals surface area contributed by atoms with Crippen molar-refractivity contribution in [1.29, 1.82) is 0 Å². The molecule has 0 spiro atoms. The number of hydrogen-bond donors (Lipinski definition) is 1. The van der Waals surface area contributed by atoms with Gasteiger partial charge in [-0.25, -0.2) is 0 Å². The molecule has 2 rings (SSSR count). The van der Waals surface area contributed by atoms with E-state index in [0.717, 1.165) is 51.9 Å². The second-order valence-electron chi connectivity index (χ2n) is 7.25. The average Bonchev–Trinajstić information content (AvgIpc) is 2.68. The fourth-order valence-corrected chi connectivity index (χ4v) is 3.85. The summed E-state index contributed by atoms with van der Waals surface area (Å²) in [6, 6.07) is 10.3. The van der Waals surface area contributed by atoms with Crippen LogP contribution in [0.5, 0.6) is 0 Å². The number of unbranched alkanes of at least 4 members (excludes halogenated alkanes) is 3. The summed E-state index contributed by atoms with van der Waals surface area (Å²) in [5.74, 6) is 0.267. The summed E-state index contributed by atoms with van der Waals surface area (Å²) in [5, 5.41) is 8.85. The quantitative estimate of drug-likeness (QED) is 0.699. The Morgan fingerprint density at radius 2 is 1.76 bits per heavy atom. The van der Waals surface area contributed by atoms with Crippen LogP contribution in [0.2, 0.25) is 0 Å². The number of carbonyl (C=O) groups excluding carboxylic acids is 1. The van der Waals surface area contributed by atoms with Crippen LogP contribution in [-0.2, 0) is 10.2 Å². The first-order valence-electron chi connectivity index (χ1n) is 9.78. The molecule has 1 aliphatic rings. The predicted molar refractivity (Wildman–Crippen MR) is 103 cm³/mol. The van der Waals surface area contributed by atoms with Gasteiger partial charge in [-0.2, -0.15) is 0 Å². The molecule has 1 fully saturated rings. The molecule has 0 radical (unpaired) electrons. The van der Waals surface area contributed by atoms with Crippen LogP contribution in [0.3, 0.4) is 0 Å². The molecule has 4 heteroatoms. The van der Waals surface area contributed by atoms with Gasteiger partial charge in [-0.3, -0.25) is 4.79 Å². The van der Waals surface area contributed by atoms with E-state index in [2.05, 4.69) is 17.0 Å². The standard InChI is InChI=1S/C21H34N2O2/c1-3-22(2)20(25)21(19-11-7-6-8-12-19)13-16-23(17-14-21)15-9-4-5-10-18-24/h6-8,11-12,24H,3-5,9-10,13-18H2,1-2H3. The van der Waals surface area contributed by atoms with E-state index in [1.807, 2.05) is 37.1 Å². The number of piperidine rings is 1. The summed E-state index contributed by atoms with van der Waals surface area (Å²) in [6.07, 6.45) is 6.18. The average molecular weight is 347 g/mol. The zero-order chi connectivity index (χ0) is 18.1. The molecule has 1 aromatic carbocycles. The first-order valence-corrected chi connectivity index (χ1v) is 9.78. The Labute approximate surface area is 152 Å². The molecule has 140 valence electrons. The Bertz CT molecular complexity index is 510. The molecule has 1 aromatic rings. The first-order chi connectivity index (χ1) is 12.1. The molecule has 0 atom stereocenters. The molecule has 0 bridgehead atoms. The lowest BCUT2D eigenvalue weighted by atomic mass is 9.71. The maximum absolute atomic E-state index is 13.2. The number of nitrogens with zero attached hydrogens (tertiary/aromatic N) is 2. The minimum Gasteiger partial charge on any atom is -0.396 e. The van der Waals surface area contributed by atoms with Gasteiger partial charge < -0.3 is 14.9 Å². The fourth-order valence-electron chi connectivity index (χ4n) is 3.85. The SMILES string of the molecule is CCN(C)C(=O)C1(c2ccccc2)CCN(CCCCCCO)CC1. The second-order valence-corrected chi connectivity index (χ2v) is 7.25. The molecule has 0 saturated carbocycles. The largest absolute Gasteiger partial charge is 0.396 e. The van der Waals surface area contributed by atoms with Crippen LogP contribution < -0.4 is 0 Å². The zero-order valence-corrected chi connectivity index (χ0v) is 15.9. The van der Waals surface area contributed by atoms with E-state index in [-0.39, 0.29) is 11.3 Å². The lowest BCUT2D eigenvalue weighted by molar-refractivity contribution is -0.138. The number of likely N-dealkylation sites (N-methyl/N-ethyl adjacent to an activating group) is 1. The van der Waals surface area contributed by atoms with E-state index in [1.54, 1.807) is 0 Å². The molecular weight excluding hydrogens is 312 g/mol. The van der Waals surface area contributed by atoms with Crippen LogP contribution in [0.1, 0.15) is 51.0 Å². The highest BCUT2D eigenvalue weighted by Crippen LogP contribution is 2.37. The highest BCUT2D eigenvalue weighted by molar-refractivity contribution is 5.88. The number of carbonyl (C=O) groups is 1. The van der Waals surface area contributed by atoms with Gasteiger partial charge in [-0.1, -0.05) is 43.2 Å². The highest BCUT2D eigenvalue weighted by atomic mass is 16.2. The van der Waals surface area contributed by atoms with Gasteiger partial charge in [0.2, 0.25) is 5.91 Å². The number of rotatable bonds is 9. The van der Waals surface area contributed by atoms with E-state index < -0.39 is 0 Å². The number of likely N-dealkylation sites (tertiary alicyclic amines) is 1. The molecule has 1 saturated heterocycles. The summed E-state index contributed by atoms with van der Waals surface area (Å²) in [5.41, 5.74) is 0.808. The van der Waals surface area contributed by atoms with Crippen LogP contribution in [0.4, 0.5) is 0 Å². The number of aliphatic hydroxyl groups is 1. The van der Waals surface area contributed by atoms with Crippen molar-refractivity contribution < 1.29 is 9.90 Å². The zero-order valence-electron chi connectivity index (χ0n) is 15.9. The molecular formula is C21H34N2O2. The van der Waals surface area contributed by atoms with Crippen molar-refractivity contribution in [2.45, 2.75) is 50.9 Å². The Kier molecular flexibility index (Phi) is 7.91. The van der Waals surface area contributed by atoms with Gasteiger partial charge in [0.25, 0.3) is 0 Å². The lowest BCUT2D eigenvalue weighted by Gasteiger charge is -2.43. The molecule has 1 amide bonds. The number of aliphatic hydroxyl groups excluding tert-OH is 1. The van der Waals surface area contributed by atoms with Gasteiger partial charge in [-0.05, 0) is 57.8 Å². The minimum atomic E-state index is -0.362. The molecule has 4 nitrogen and oxygen atoms in total. The number of hydrogen-bond acceptors (Lipinski definition) is 3. The van der Waals surface area contributed by atoms with Gasteiger partial charge in [0, 0.05) is 20.2 Å². The van der Waals surface area contributed by atoms with E-state index >= 15 is 0 Å². The molecule has 0 aromatic heterocycles. The van der Waals surface area contributed by atoms with Crippen LogP contribution in [0, 0.1) is 0 Å². The first kappa shape index (κ1) is 19.9. The number of benzene rings is 1. The lowest BCUT2D eigenvalue weighted by Crippen LogP contribution is -2.52. The van der Waals surface area contributed by atoms with Crippen molar-refractivity contribution in [3.05, 3.63) is 35.9 Å². The second kappa shape index (κ2) is 9.93. The fraction of sp³-hybridized carbons (Fsp3) is 0.667. The van der Waals surface area contributed by atoms with E-state index in [9.17, 15) is 4.79 Å². The van der Waals surface area contributed by atoms with Crippen molar-refractivity contribution in [2.75, 3.05) is 39.8 Å². The summed E-state index contributed by atoms with van der Waals surface area (Å²) in [7, 11) is 1.92. The highest BCUT2D eigenvalue weighted by Gasteiger charge is 2.43. The van der Waals surface area contributed by atoms with Crippen LogP contribution in [-0.4, -0.2) is 60.6 Å². The summed E-state index contributed by atoms with van der Waals surface area (Å²) in [4.78, 5) is 17.5. The van der Waals surface area contributed by atoms with Crippen LogP contribution >= 0.6 is 0 Å². The van der Waals surface area contributed by atoms with Crippen molar-refractivity contribution >= 4 is 5.91 Å². The van der Waals surface area contributed by atoms with Crippen molar-refractivity contribution in [3.63, 3.8) is 0 Å². The van der Waals surface area contributed by atoms with Gasteiger partial charge in [-0.15, -0.1) is 0 Å². The maximum atomic E-state index is 13.2. The predicted octanol–water partition coefficient (Wildman–Crippen LogP) is 3.05. The third-order valence-corrected chi connectivity index (χ3v) is 5.65. The Morgan fingerprint density at radius 3 is 2.36 bits per heavy atom.